The third-order valence-electron chi connectivity index (χ3n) is 5.51. The summed E-state index contributed by atoms with van der Waals surface area (Å²) in [6.07, 6.45) is 3.01. The summed E-state index contributed by atoms with van der Waals surface area (Å²) in [5.41, 5.74) is 1.01. The zero-order valence-corrected chi connectivity index (χ0v) is 20.0. The fourth-order valence-electron chi connectivity index (χ4n) is 4.36. The molecule has 0 saturated carbocycles. The molecule has 0 aliphatic carbocycles. The fourth-order valence-corrected chi connectivity index (χ4v) is 4.36. The normalized spacial score (nSPS) is 24.8. The minimum atomic E-state index is 0. The number of hydrogen-bond donors (Lipinski definition) is 1. The number of piperidine rings is 1. The van der Waals surface area contributed by atoms with Gasteiger partial charge in [-0.15, -0.1) is 24.0 Å². The number of aliphatic imine (C=N–C) groups is 1. The largest absolute Gasteiger partial charge is 0.364 e. The molecule has 2 unspecified atom stereocenters. The molecule has 3 heterocycles. The number of nitrogens with one attached hydrogen (secondary N) is 1. The van der Waals surface area contributed by atoms with Crippen molar-refractivity contribution < 1.29 is 4.52 Å². The van der Waals surface area contributed by atoms with E-state index in [1.807, 2.05) is 6.07 Å². The molecule has 0 aromatic carbocycles. The molecule has 2 atom stereocenters. The molecule has 2 aliphatic rings. The van der Waals surface area contributed by atoms with Crippen molar-refractivity contribution in [3.63, 3.8) is 0 Å². The first-order valence-corrected chi connectivity index (χ1v) is 10.5. The summed E-state index contributed by atoms with van der Waals surface area (Å²) in [6, 6.07) is 1.94. The van der Waals surface area contributed by atoms with Gasteiger partial charge in [-0.25, -0.2) is 0 Å². The highest BCUT2D eigenvalue weighted by atomic mass is 127. The Morgan fingerprint density at radius 1 is 1.18 bits per heavy atom. The van der Waals surface area contributed by atoms with E-state index in [0.29, 0.717) is 0 Å². The molecule has 3 rings (SSSR count). The van der Waals surface area contributed by atoms with Gasteiger partial charge in [0.25, 0.3) is 0 Å². The quantitative estimate of drug-likeness (QED) is 0.365. The Labute approximate surface area is 186 Å². The molecule has 0 radical (unpaired) electrons. The number of likely N-dealkylation sites (tertiary alicyclic amines) is 1. The van der Waals surface area contributed by atoms with Crippen LogP contribution in [0.15, 0.2) is 21.8 Å². The molecule has 2 saturated heterocycles. The van der Waals surface area contributed by atoms with Crippen molar-refractivity contribution in [1.82, 2.24) is 25.2 Å². The van der Waals surface area contributed by atoms with Crippen molar-refractivity contribution in [2.24, 2.45) is 16.8 Å². The Morgan fingerprint density at radius 3 is 2.50 bits per heavy atom. The SMILES string of the molecule is CCNC(=NCCN1CC(C)CC(C)C1)N1CCN(Cc2ccon2)CC1.I. The van der Waals surface area contributed by atoms with Gasteiger partial charge < -0.3 is 19.6 Å². The highest BCUT2D eigenvalue weighted by Crippen LogP contribution is 2.20. The van der Waals surface area contributed by atoms with Gasteiger partial charge in [-0.05, 0) is 25.2 Å². The molecule has 7 nitrogen and oxygen atoms in total. The maximum atomic E-state index is 4.93. The van der Waals surface area contributed by atoms with Crippen molar-refractivity contribution in [3.05, 3.63) is 18.0 Å². The van der Waals surface area contributed by atoms with Crippen LogP contribution in [0.1, 0.15) is 32.9 Å². The molecule has 160 valence electrons. The molecular formula is C20H37IN6O. The highest BCUT2D eigenvalue weighted by Gasteiger charge is 2.22. The second kappa shape index (κ2) is 12.0. The predicted octanol–water partition coefficient (Wildman–Crippen LogP) is 2.35. The van der Waals surface area contributed by atoms with E-state index in [1.54, 1.807) is 6.26 Å². The first-order valence-electron chi connectivity index (χ1n) is 10.5. The summed E-state index contributed by atoms with van der Waals surface area (Å²) in [5.74, 6) is 2.68. The lowest BCUT2D eigenvalue weighted by Gasteiger charge is -2.36. The number of guanidine groups is 1. The van der Waals surface area contributed by atoms with Crippen LogP contribution in [0.2, 0.25) is 0 Å². The van der Waals surface area contributed by atoms with Crippen LogP contribution in [-0.4, -0.2) is 84.7 Å². The van der Waals surface area contributed by atoms with Gasteiger partial charge in [-0.2, -0.15) is 0 Å². The van der Waals surface area contributed by atoms with Crippen molar-refractivity contribution in [2.75, 3.05) is 58.9 Å². The number of aromatic nitrogens is 1. The molecule has 8 heteroatoms. The van der Waals surface area contributed by atoms with Crippen molar-refractivity contribution in [1.29, 1.82) is 0 Å². The Morgan fingerprint density at radius 2 is 1.89 bits per heavy atom. The van der Waals surface area contributed by atoms with E-state index in [9.17, 15) is 0 Å². The van der Waals surface area contributed by atoms with Crippen LogP contribution in [0.25, 0.3) is 0 Å². The lowest BCUT2D eigenvalue weighted by molar-refractivity contribution is 0.144. The monoisotopic (exact) mass is 504 g/mol. The molecule has 0 spiro atoms. The smallest absolute Gasteiger partial charge is 0.194 e. The van der Waals surface area contributed by atoms with Crippen LogP contribution in [0.4, 0.5) is 0 Å². The summed E-state index contributed by atoms with van der Waals surface area (Å²) in [7, 11) is 0. The number of piperazine rings is 1. The first-order chi connectivity index (χ1) is 13.1. The summed E-state index contributed by atoms with van der Waals surface area (Å²) in [5, 5.41) is 7.50. The molecule has 0 amide bonds. The third-order valence-corrected chi connectivity index (χ3v) is 5.51. The summed E-state index contributed by atoms with van der Waals surface area (Å²) >= 11 is 0. The average molecular weight is 504 g/mol. The van der Waals surface area contributed by atoms with Crippen LogP contribution in [0.3, 0.4) is 0 Å². The topological polar surface area (TPSA) is 60.1 Å². The Balaban J connectivity index is 0.00000280. The molecule has 1 N–H and O–H groups in total. The molecule has 28 heavy (non-hydrogen) atoms. The van der Waals surface area contributed by atoms with Crippen molar-refractivity contribution in [2.45, 2.75) is 33.7 Å². The second-order valence-electron chi connectivity index (χ2n) is 8.20. The van der Waals surface area contributed by atoms with E-state index >= 15 is 0 Å². The Bertz CT molecular complexity index is 563. The van der Waals surface area contributed by atoms with E-state index in [-0.39, 0.29) is 24.0 Å². The van der Waals surface area contributed by atoms with Crippen LogP contribution < -0.4 is 5.32 Å². The van der Waals surface area contributed by atoms with E-state index in [1.165, 1.54) is 19.5 Å². The van der Waals surface area contributed by atoms with Gasteiger partial charge in [0, 0.05) is 65.0 Å². The van der Waals surface area contributed by atoms with Gasteiger partial charge in [0.15, 0.2) is 5.96 Å². The zero-order chi connectivity index (χ0) is 19.1. The molecular weight excluding hydrogens is 467 g/mol. The Hall–Kier alpha value is -0.870. The minimum absolute atomic E-state index is 0. The number of nitrogens with zero attached hydrogens (tertiary/aromatic N) is 5. The maximum Gasteiger partial charge on any atom is 0.194 e. The van der Waals surface area contributed by atoms with Gasteiger partial charge in [-0.1, -0.05) is 19.0 Å². The molecule has 0 bridgehead atoms. The lowest BCUT2D eigenvalue weighted by Crippen LogP contribution is -2.52. The molecule has 1 aromatic heterocycles. The third kappa shape index (κ3) is 7.18. The van der Waals surface area contributed by atoms with Crippen LogP contribution in [-0.2, 0) is 6.54 Å². The average Bonchev–Trinajstić information content (AvgIpc) is 3.14. The summed E-state index contributed by atoms with van der Waals surface area (Å²) < 4.78 is 4.93. The van der Waals surface area contributed by atoms with Gasteiger partial charge in [0.2, 0.25) is 0 Å². The maximum absolute atomic E-state index is 4.93. The van der Waals surface area contributed by atoms with Crippen LogP contribution in [0, 0.1) is 11.8 Å². The van der Waals surface area contributed by atoms with Gasteiger partial charge in [0.1, 0.15) is 6.26 Å². The Kier molecular flexibility index (Phi) is 10.0. The summed E-state index contributed by atoms with van der Waals surface area (Å²) in [4.78, 5) is 12.3. The first kappa shape index (κ1) is 23.4. The van der Waals surface area contributed by atoms with E-state index in [2.05, 4.69) is 45.9 Å². The number of hydrogen-bond acceptors (Lipinski definition) is 5. The predicted molar refractivity (Wildman–Crippen MR) is 124 cm³/mol. The van der Waals surface area contributed by atoms with Gasteiger partial charge in [0.05, 0.1) is 12.2 Å². The number of halogens is 1. The van der Waals surface area contributed by atoms with Gasteiger partial charge in [-0.3, -0.25) is 9.89 Å². The summed E-state index contributed by atoms with van der Waals surface area (Å²) in [6.45, 7) is 17.1. The van der Waals surface area contributed by atoms with Crippen LogP contribution >= 0.6 is 24.0 Å². The van der Waals surface area contributed by atoms with E-state index in [0.717, 1.165) is 75.8 Å². The standard InChI is InChI=1S/C20H36N6O.HI/c1-4-21-20(22-6-7-25-14-17(2)13-18(3)15-25)26-10-8-24(9-11-26)16-19-5-12-27-23-19;/h5,12,17-18H,4,6-11,13-16H2,1-3H3,(H,21,22);1H. The van der Waals surface area contributed by atoms with E-state index < -0.39 is 0 Å². The fraction of sp³-hybridized carbons (Fsp3) is 0.800. The van der Waals surface area contributed by atoms with Gasteiger partial charge >= 0.3 is 0 Å². The zero-order valence-electron chi connectivity index (χ0n) is 17.6. The second-order valence-corrected chi connectivity index (χ2v) is 8.20. The molecule has 2 fully saturated rings. The highest BCUT2D eigenvalue weighted by molar-refractivity contribution is 14.0. The van der Waals surface area contributed by atoms with Crippen molar-refractivity contribution >= 4 is 29.9 Å². The van der Waals surface area contributed by atoms with Crippen LogP contribution in [0.5, 0.6) is 0 Å². The lowest BCUT2D eigenvalue weighted by atomic mass is 9.92. The van der Waals surface area contributed by atoms with Crippen molar-refractivity contribution in [3.8, 4) is 0 Å². The molecule has 1 aromatic rings. The molecule has 2 aliphatic heterocycles. The minimum Gasteiger partial charge on any atom is -0.364 e. The van der Waals surface area contributed by atoms with E-state index in [4.69, 9.17) is 9.52 Å². The number of rotatable bonds is 6.